The molecule has 2 aromatic heterocycles. The first-order valence-corrected chi connectivity index (χ1v) is 12.0. The summed E-state index contributed by atoms with van der Waals surface area (Å²) in [5.74, 6) is 0.867. The van der Waals surface area contributed by atoms with Crippen molar-refractivity contribution in [3.05, 3.63) is 47.2 Å². The van der Waals surface area contributed by atoms with Gasteiger partial charge in [0.15, 0.2) is 0 Å². The number of nitrogens with zero attached hydrogens (tertiary/aromatic N) is 3. The summed E-state index contributed by atoms with van der Waals surface area (Å²) in [6.07, 6.45) is 7.10. The van der Waals surface area contributed by atoms with Gasteiger partial charge in [0.2, 0.25) is 5.91 Å². The van der Waals surface area contributed by atoms with Crippen molar-refractivity contribution in [1.82, 2.24) is 20.2 Å². The lowest BCUT2D eigenvalue weighted by atomic mass is 9.97. The average molecular weight is 452 g/mol. The molecule has 4 heterocycles. The summed E-state index contributed by atoms with van der Waals surface area (Å²) in [6.45, 7) is 7.45. The summed E-state index contributed by atoms with van der Waals surface area (Å²) in [4.78, 5) is 25.0. The maximum absolute atomic E-state index is 13.0. The van der Waals surface area contributed by atoms with Crippen LogP contribution in [-0.2, 0) is 11.2 Å². The van der Waals surface area contributed by atoms with E-state index >= 15 is 0 Å². The zero-order valence-corrected chi connectivity index (χ0v) is 19.3. The summed E-state index contributed by atoms with van der Waals surface area (Å²) in [6, 6.07) is 8.11. The Hall–Kier alpha value is -2.41. The van der Waals surface area contributed by atoms with Crippen LogP contribution >= 0.6 is 11.6 Å². The zero-order valence-electron chi connectivity index (χ0n) is 18.5. The summed E-state index contributed by atoms with van der Waals surface area (Å²) >= 11 is 6.83. The largest absolute Gasteiger partial charge is 0.346 e. The van der Waals surface area contributed by atoms with E-state index in [0.29, 0.717) is 17.5 Å². The van der Waals surface area contributed by atoms with Gasteiger partial charge in [-0.05, 0) is 61.5 Å². The van der Waals surface area contributed by atoms with Gasteiger partial charge < -0.3 is 15.2 Å². The van der Waals surface area contributed by atoms with Gasteiger partial charge in [-0.1, -0.05) is 30.7 Å². The lowest BCUT2D eigenvalue weighted by Crippen LogP contribution is -2.52. The van der Waals surface area contributed by atoms with Crippen LogP contribution in [0.15, 0.2) is 36.7 Å². The lowest BCUT2D eigenvalue weighted by Gasteiger charge is -2.37. The van der Waals surface area contributed by atoms with Crippen molar-refractivity contribution in [1.29, 1.82) is 0 Å². The molecule has 32 heavy (non-hydrogen) atoms. The third-order valence-electron chi connectivity index (χ3n) is 6.84. The van der Waals surface area contributed by atoms with Crippen LogP contribution in [0.25, 0.3) is 22.2 Å². The zero-order chi connectivity index (χ0) is 22.1. The van der Waals surface area contributed by atoms with Crippen molar-refractivity contribution < 1.29 is 4.79 Å². The maximum atomic E-state index is 13.0. The van der Waals surface area contributed by atoms with Gasteiger partial charge in [-0.2, -0.15) is 0 Å². The van der Waals surface area contributed by atoms with Gasteiger partial charge in [0.25, 0.3) is 0 Å². The number of rotatable bonds is 5. The van der Waals surface area contributed by atoms with Gasteiger partial charge in [0.05, 0.1) is 11.6 Å². The number of hydrogen-bond donors (Lipinski definition) is 2. The second kappa shape index (κ2) is 9.22. The summed E-state index contributed by atoms with van der Waals surface area (Å²) in [5.41, 5.74) is 4.78. The van der Waals surface area contributed by atoms with Crippen LogP contribution in [0.4, 0.5) is 5.69 Å². The number of nitrogens with one attached hydrogen (secondary N) is 2. The minimum Gasteiger partial charge on any atom is -0.346 e. The predicted octanol–water partition coefficient (Wildman–Crippen LogP) is 4.09. The molecule has 6 nitrogen and oxygen atoms in total. The Bertz CT molecular complexity index is 1120. The highest BCUT2D eigenvalue weighted by molar-refractivity contribution is 6.38. The van der Waals surface area contributed by atoms with E-state index in [1.54, 1.807) is 0 Å². The number of H-pyrrole nitrogens is 1. The molecule has 1 amide bonds. The van der Waals surface area contributed by atoms with Crippen LogP contribution in [0.2, 0.25) is 5.02 Å². The van der Waals surface area contributed by atoms with Gasteiger partial charge in [-0.15, -0.1) is 0 Å². The second-order valence-corrected chi connectivity index (χ2v) is 9.28. The molecule has 168 valence electrons. The van der Waals surface area contributed by atoms with Crippen LogP contribution in [-0.4, -0.2) is 60.0 Å². The molecule has 0 unspecified atom stereocenters. The van der Waals surface area contributed by atoms with Gasteiger partial charge in [-0.3, -0.25) is 9.69 Å². The van der Waals surface area contributed by atoms with Gasteiger partial charge >= 0.3 is 0 Å². The minimum atomic E-state index is 0.168. The van der Waals surface area contributed by atoms with E-state index in [-0.39, 0.29) is 5.91 Å². The summed E-state index contributed by atoms with van der Waals surface area (Å²) < 4.78 is 0. The highest BCUT2D eigenvalue weighted by atomic mass is 35.5. The van der Waals surface area contributed by atoms with Crippen LogP contribution < -0.4 is 10.2 Å². The van der Waals surface area contributed by atoms with Gasteiger partial charge in [-0.25, -0.2) is 4.98 Å². The van der Waals surface area contributed by atoms with Crippen LogP contribution in [0.3, 0.4) is 0 Å². The Morgan fingerprint density at radius 2 is 2.06 bits per heavy atom. The van der Waals surface area contributed by atoms with Crippen molar-refractivity contribution in [3.8, 4) is 11.1 Å². The van der Waals surface area contributed by atoms with E-state index in [1.165, 1.54) is 12.8 Å². The third kappa shape index (κ3) is 4.15. The number of aromatic nitrogens is 2. The van der Waals surface area contributed by atoms with E-state index in [2.05, 4.69) is 33.2 Å². The van der Waals surface area contributed by atoms with E-state index in [4.69, 9.17) is 11.6 Å². The molecule has 1 aromatic carbocycles. The molecule has 5 rings (SSSR count). The van der Waals surface area contributed by atoms with Crippen molar-refractivity contribution in [3.63, 3.8) is 0 Å². The summed E-state index contributed by atoms with van der Waals surface area (Å²) in [7, 11) is 0. The molecule has 7 heteroatoms. The molecule has 2 N–H and O–H groups in total. The molecular formula is C25H30ClN5O. The van der Waals surface area contributed by atoms with Crippen molar-refractivity contribution >= 4 is 34.2 Å². The number of amides is 1. The molecule has 2 aliphatic rings. The third-order valence-corrected chi connectivity index (χ3v) is 7.24. The smallest absolute Gasteiger partial charge is 0.241 e. The number of hydrogen-bond acceptors (Lipinski definition) is 4. The van der Waals surface area contributed by atoms with Gasteiger partial charge in [0.1, 0.15) is 5.65 Å². The predicted molar refractivity (Wildman–Crippen MR) is 130 cm³/mol. The van der Waals surface area contributed by atoms with Crippen molar-refractivity contribution in [2.24, 2.45) is 5.92 Å². The van der Waals surface area contributed by atoms with E-state index < -0.39 is 0 Å². The second-order valence-electron chi connectivity index (χ2n) is 8.90. The maximum Gasteiger partial charge on any atom is 0.241 e. The Kier molecular flexibility index (Phi) is 6.17. The Labute approximate surface area is 194 Å². The highest BCUT2D eigenvalue weighted by Gasteiger charge is 2.27. The molecule has 0 spiro atoms. The summed E-state index contributed by atoms with van der Waals surface area (Å²) in [5, 5.41) is 5.11. The molecular weight excluding hydrogens is 422 g/mol. The van der Waals surface area contributed by atoms with E-state index in [1.807, 2.05) is 35.5 Å². The monoisotopic (exact) mass is 451 g/mol. The fourth-order valence-corrected chi connectivity index (χ4v) is 5.39. The number of carbonyl (C=O) groups is 1. The van der Waals surface area contributed by atoms with Crippen molar-refractivity contribution in [2.75, 3.05) is 44.2 Å². The number of halogens is 1. The van der Waals surface area contributed by atoms with Crippen LogP contribution in [0, 0.1) is 5.92 Å². The molecule has 0 radical (unpaired) electrons. The number of aromatic amines is 1. The number of carbonyl (C=O) groups excluding carboxylic acids is 1. The number of benzene rings is 1. The SMILES string of the molecule is CCc1c[nH]c2ncc(-c3cccc(N4CCN(CC5CCNCC5)CC4=O)c3)c(Cl)c12. The van der Waals surface area contributed by atoms with E-state index in [9.17, 15) is 4.79 Å². The molecule has 3 aromatic rings. The first kappa shape index (κ1) is 21.4. The first-order chi connectivity index (χ1) is 15.6. The molecule has 2 aliphatic heterocycles. The topological polar surface area (TPSA) is 64.3 Å². The number of fused-ring (bicyclic) bond motifs is 1. The molecule has 0 aliphatic carbocycles. The Morgan fingerprint density at radius 1 is 1.22 bits per heavy atom. The molecule has 2 fully saturated rings. The van der Waals surface area contributed by atoms with Crippen LogP contribution in [0.1, 0.15) is 25.3 Å². The standard InChI is InChI=1S/C25H30ClN5O/c1-2-18-13-28-25-23(18)24(26)21(14-29-25)19-4-3-5-20(12-19)31-11-10-30(16-22(31)32)15-17-6-8-27-9-7-17/h3-5,12-14,17,27H,2,6-11,15-16H2,1H3,(H,28,29). The molecule has 2 saturated heterocycles. The lowest BCUT2D eigenvalue weighted by molar-refractivity contribution is -0.121. The quantitative estimate of drug-likeness (QED) is 0.613. The number of piperazine rings is 1. The number of pyridine rings is 1. The fourth-order valence-electron chi connectivity index (χ4n) is 5.02. The number of anilines is 1. The first-order valence-electron chi connectivity index (χ1n) is 11.6. The molecule has 0 atom stereocenters. The number of piperidine rings is 1. The Morgan fingerprint density at radius 3 is 2.84 bits per heavy atom. The normalized spacial score (nSPS) is 18.6. The van der Waals surface area contributed by atoms with E-state index in [0.717, 1.165) is 72.6 Å². The van der Waals surface area contributed by atoms with Crippen molar-refractivity contribution in [2.45, 2.75) is 26.2 Å². The average Bonchev–Trinajstić information content (AvgIpc) is 3.24. The Balaban J connectivity index is 1.35. The highest BCUT2D eigenvalue weighted by Crippen LogP contribution is 2.36. The molecule has 0 saturated carbocycles. The minimum absolute atomic E-state index is 0.168. The van der Waals surface area contributed by atoms with Gasteiger partial charge in [0, 0.05) is 48.7 Å². The fraction of sp³-hybridized carbons (Fsp3) is 0.440. The number of aryl methyl sites for hydroxylation is 1. The molecule has 0 bridgehead atoms. The van der Waals surface area contributed by atoms with Crippen LogP contribution in [0.5, 0.6) is 0 Å².